The minimum Gasteiger partial charge on any atom is -0.390 e. The lowest BCUT2D eigenvalue weighted by molar-refractivity contribution is -0.0159. The number of aliphatic hydroxyl groups is 1. The molecular formula is C13H19BrO2. The molecule has 0 radical (unpaired) electrons. The van der Waals surface area contributed by atoms with Gasteiger partial charge < -0.3 is 9.84 Å². The highest BCUT2D eigenvalue weighted by Crippen LogP contribution is 2.16. The Kier molecular flexibility index (Phi) is 6.03. The van der Waals surface area contributed by atoms with Crippen LogP contribution in [0.5, 0.6) is 0 Å². The summed E-state index contributed by atoms with van der Waals surface area (Å²) < 4.78 is 6.34. The van der Waals surface area contributed by atoms with Crippen molar-refractivity contribution in [2.45, 2.75) is 38.4 Å². The Morgan fingerprint density at radius 2 is 2.19 bits per heavy atom. The third-order valence-corrected chi connectivity index (χ3v) is 3.13. The minimum atomic E-state index is -0.431. The van der Waals surface area contributed by atoms with E-state index in [1.807, 2.05) is 24.3 Å². The van der Waals surface area contributed by atoms with Gasteiger partial charge in [-0.15, -0.1) is 0 Å². The molecule has 0 fully saturated rings. The van der Waals surface area contributed by atoms with Gasteiger partial charge in [-0.1, -0.05) is 41.4 Å². The van der Waals surface area contributed by atoms with Gasteiger partial charge in [-0.3, -0.25) is 0 Å². The maximum Gasteiger partial charge on any atom is 0.0841 e. The minimum absolute atomic E-state index is 0.0658. The maximum absolute atomic E-state index is 10.0. The summed E-state index contributed by atoms with van der Waals surface area (Å²) in [6, 6.07) is 8.01. The van der Waals surface area contributed by atoms with Crippen LogP contribution in [0, 0.1) is 0 Å². The zero-order valence-electron chi connectivity index (χ0n) is 9.82. The summed E-state index contributed by atoms with van der Waals surface area (Å²) in [4.78, 5) is 0. The van der Waals surface area contributed by atoms with E-state index in [0.29, 0.717) is 6.42 Å². The van der Waals surface area contributed by atoms with Gasteiger partial charge >= 0.3 is 0 Å². The number of aliphatic hydroxyl groups excluding tert-OH is 1. The zero-order valence-corrected chi connectivity index (χ0v) is 11.4. The fraction of sp³-hybridized carbons (Fsp3) is 0.538. The molecule has 0 aromatic heterocycles. The Labute approximate surface area is 106 Å². The van der Waals surface area contributed by atoms with Crippen molar-refractivity contribution in [1.82, 2.24) is 0 Å². The summed E-state index contributed by atoms with van der Waals surface area (Å²) in [6.45, 7) is 2.10. The van der Waals surface area contributed by atoms with Crippen molar-refractivity contribution in [2.24, 2.45) is 0 Å². The van der Waals surface area contributed by atoms with Crippen LogP contribution in [0.1, 0.15) is 25.3 Å². The van der Waals surface area contributed by atoms with E-state index >= 15 is 0 Å². The lowest BCUT2D eigenvalue weighted by Crippen LogP contribution is -2.29. The molecule has 90 valence electrons. The number of methoxy groups -OCH3 is 1. The van der Waals surface area contributed by atoms with Crippen molar-refractivity contribution in [2.75, 3.05) is 7.11 Å². The second-order valence-corrected chi connectivity index (χ2v) is 4.88. The first-order chi connectivity index (χ1) is 7.67. The average Bonchev–Trinajstić information content (AvgIpc) is 2.25. The van der Waals surface area contributed by atoms with Crippen molar-refractivity contribution in [3.05, 3.63) is 34.3 Å². The second kappa shape index (κ2) is 7.05. The van der Waals surface area contributed by atoms with E-state index in [4.69, 9.17) is 4.74 Å². The monoisotopic (exact) mass is 286 g/mol. The first-order valence-corrected chi connectivity index (χ1v) is 6.42. The Bertz CT molecular complexity index is 315. The largest absolute Gasteiger partial charge is 0.390 e. The van der Waals surface area contributed by atoms with E-state index in [1.165, 1.54) is 0 Å². The van der Waals surface area contributed by atoms with Crippen LogP contribution in [0.3, 0.4) is 0 Å². The molecule has 2 unspecified atom stereocenters. The van der Waals surface area contributed by atoms with Gasteiger partial charge in [0, 0.05) is 18.0 Å². The molecule has 0 saturated heterocycles. The van der Waals surface area contributed by atoms with E-state index in [-0.39, 0.29) is 6.10 Å². The molecule has 1 aromatic carbocycles. The molecule has 0 saturated carbocycles. The normalized spacial score (nSPS) is 14.8. The molecule has 0 aliphatic carbocycles. The van der Waals surface area contributed by atoms with Crippen molar-refractivity contribution in [3.8, 4) is 0 Å². The van der Waals surface area contributed by atoms with Crippen LogP contribution in [-0.2, 0) is 11.2 Å². The summed E-state index contributed by atoms with van der Waals surface area (Å²) in [6.07, 6.45) is 2.06. The van der Waals surface area contributed by atoms with Crippen LogP contribution < -0.4 is 0 Å². The van der Waals surface area contributed by atoms with Gasteiger partial charge in [-0.05, 0) is 24.1 Å². The number of benzene rings is 1. The molecule has 1 aromatic rings. The second-order valence-electron chi connectivity index (χ2n) is 3.96. The summed E-state index contributed by atoms with van der Waals surface area (Å²) >= 11 is 3.42. The number of halogens is 1. The first-order valence-electron chi connectivity index (χ1n) is 5.62. The number of hydrogen-bond donors (Lipinski definition) is 1. The van der Waals surface area contributed by atoms with Crippen LogP contribution >= 0.6 is 15.9 Å². The van der Waals surface area contributed by atoms with Gasteiger partial charge in [0.25, 0.3) is 0 Å². The average molecular weight is 287 g/mol. The molecule has 0 spiro atoms. The Morgan fingerprint density at radius 3 is 2.75 bits per heavy atom. The summed E-state index contributed by atoms with van der Waals surface area (Å²) in [5.41, 5.74) is 1.13. The van der Waals surface area contributed by atoms with Gasteiger partial charge in [-0.2, -0.15) is 0 Å². The molecule has 2 atom stereocenters. The van der Waals surface area contributed by atoms with Gasteiger partial charge in [0.05, 0.1) is 12.2 Å². The predicted octanol–water partition coefficient (Wildman–Crippen LogP) is 3.17. The molecule has 1 N–H and O–H groups in total. The smallest absolute Gasteiger partial charge is 0.0841 e. The lowest BCUT2D eigenvalue weighted by atomic mass is 10.0. The number of ether oxygens (including phenoxy) is 1. The third-order valence-electron chi connectivity index (χ3n) is 2.64. The van der Waals surface area contributed by atoms with Gasteiger partial charge in [-0.25, -0.2) is 0 Å². The zero-order chi connectivity index (χ0) is 12.0. The van der Waals surface area contributed by atoms with Crippen LogP contribution in [0.15, 0.2) is 28.7 Å². The highest BCUT2D eigenvalue weighted by molar-refractivity contribution is 9.10. The fourth-order valence-corrected chi connectivity index (χ4v) is 2.24. The summed E-state index contributed by atoms with van der Waals surface area (Å²) in [5.74, 6) is 0. The maximum atomic E-state index is 10.0. The molecule has 0 amide bonds. The molecule has 16 heavy (non-hydrogen) atoms. The first kappa shape index (κ1) is 13.7. The van der Waals surface area contributed by atoms with E-state index < -0.39 is 6.10 Å². The third kappa shape index (κ3) is 4.24. The molecule has 2 nitrogen and oxygen atoms in total. The SMILES string of the molecule is CCCC(OC)C(O)Cc1cccc(Br)c1. The molecule has 3 heteroatoms. The van der Waals surface area contributed by atoms with Crippen LogP contribution in [0.25, 0.3) is 0 Å². The predicted molar refractivity (Wildman–Crippen MR) is 69.6 cm³/mol. The fourth-order valence-electron chi connectivity index (χ4n) is 1.79. The standard InChI is InChI=1S/C13H19BrO2/c1-3-5-13(16-2)12(15)9-10-6-4-7-11(14)8-10/h4,6-8,12-13,15H,3,5,9H2,1-2H3. The topological polar surface area (TPSA) is 29.5 Å². The van der Waals surface area contributed by atoms with Crippen molar-refractivity contribution in [1.29, 1.82) is 0 Å². The van der Waals surface area contributed by atoms with E-state index in [1.54, 1.807) is 7.11 Å². The summed E-state index contributed by atoms with van der Waals surface area (Å²) in [7, 11) is 1.66. The quantitative estimate of drug-likeness (QED) is 0.871. The molecule has 1 rings (SSSR count). The molecule has 0 heterocycles. The van der Waals surface area contributed by atoms with Crippen LogP contribution in [0.4, 0.5) is 0 Å². The van der Waals surface area contributed by atoms with Gasteiger partial charge in [0.1, 0.15) is 0 Å². The van der Waals surface area contributed by atoms with Crippen molar-refractivity contribution >= 4 is 15.9 Å². The number of rotatable bonds is 6. The Hall–Kier alpha value is -0.380. The van der Waals surface area contributed by atoms with Crippen LogP contribution in [-0.4, -0.2) is 24.4 Å². The van der Waals surface area contributed by atoms with E-state index in [2.05, 4.69) is 22.9 Å². The number of hydrogen-bond acceptors (Lipinski definition) is 2. The molecular weight excluding hydrogens is 268 g/mol. The molecule has 0 bridgehead atoms. The lowest BCUT2D eigenvalue weighted by Gasteiger charge is -2.21. The Balaban J connectivity index is 2.58. The highest BCUT2D eigenvalue weighted by Gasteiger charge is 2.17. The van der Waals surface area contributed by atoms with Gasteiger partial charge in [0.15, 0.2) is 0 Å². The van der Waals surface area contributed by atoms with Crippen molar-refractivity contribution < 1.29 is 9.84 Å². The van der Waals surface area contributed by atoms with Gasteiger partial charge in [0.2, 0.25) is 0 Å². The van der Waals surface area contributed by atoms with E-state index in [9.17, 15) is 5.11 Å². The van der Waals surface area contributed by atoms with Crippen molar-refractivity contribution in [3.63, 3.8) is 0 Å². The summed E-state index contributed by atoms with van der Waals surface area (Å²) in [5, 5.41) is 10.0. The molecule has 0 aliphatic rings. The highest BCUT2D eigenvalue weighted by atomic mass is 79.9. The van der Waals surface area contributed by atoms with Crippen LogP contribution in [0.2, 0.25) is 0 Å². The van der Waals surface area contributed by atoms with E-state index in [0.717, 1.165) is 22.9 Å². The molecule has 0 aliphatic heterocycles. The Morgan fingerprint density at radius 1 is 1.44 bits per heavy atom.